The van der Waals surface area contributed by atoms with Crippen molar-refractivity contribution in [2.24, 2.45) is 0 Å². The van der Waals surface area contributed by atoms with Crippen molar-refractivity contribution in [3.63, 3.8) is 0 Å². The Kier molecular flexibility index (Phi) is 3.15. The van der Waals surface area contributed by atoms with Gasteiger partial charge in [0.2, 0.25) is 0 Å². The lowest BCUT2D eigenvalue weighted by molar-refractivity contribution is 0.452. The van der Waals surface area contributed by atoms with Crippen LogP contribution in [0, 0.1) is 5.82 Å². The average molecular weight is 261 g/mol. The summed E-state index contributed by atoms with van der Waals surface area (Å²) >= 11 is 0. The van der Waals surface area contributed by atoms with Crippen LogP contribution in [0.1, 0.15) is 24.7 Å². The van der Waals surface area contributed by atoms with Gasteiger partial charge in [-0.2, -0.15) is 5.10 Å². The molecule has 0 aromatic carbocycles. The molecule has 5 nitrogen and oxygen atoms in total. The van der Waals surface area contributed by atoms with E-state index in [1.54, 1.807) is 6.20 Å². The van der Waals surface area contributed by atoms with Crippen molar-refractivity contribution in [2.45, 2.75) is 38.8 Å². The average Bonchev–Trinajstić information content (AvgIpc) is 2.88. The molecule has 100 valence electrons. The van der Waals surface area contributed by atoms with E-state index in [1.807, 2.05) is 17.7 Å². The number of nitrogens with zero attached hydrogens (tertiary/aromatic N) is 4. The first-order chi connectivity index (χ1) is 9.28. The highest BCUT2D eigenvalue weighted by Crippen LogP contribution is 2.20. The number of hydrogen-bond donors (Lipinski definition) is 1. The molecule has 2 aromatic rings. The third-order valence-corrected chi connectivity index (χ3v) is 3.49. The Labute approximate surface area is 110 Å². The molecule has 0 fully saturated rings. The Morgan fingerprint density at radius 2 is 2.37 bits per heavy atom. The van der Waals surface area contributed by atoms with Gasteiger partial charge in [-0.1, -0.05) is 6.92 Å². The van der Waals surface area contributed by atoms with E-state index >= 15 is 0 Å². The lowest BCUT2D eigenvalue weighted by Crippen LogP contribution is -2.31. The van der Waals surface area contributed by atoms with Gasteiger partial charge in [-0.05, 0) is 18.9 Å². The molecule has 0 amide bonds. The molecule has 1 aliphatic rings. The SMILES string of the molecule is CCc1ncnc(NC2CCn3nccc3C2)c1F. The minimum absolute atomic E-state index is 0.193. The van der Waals surface area contributed by atoms with Crippen LogP contribution in [0.4, 0.5) is 10.2 Å². The molecule has 1 atom stereocenters. The van der Waals surface area contributed by atoms with Crippen LogP contribution >= 0.6 is 0 Å². The van der Waals surface area contributed by atoms with Gasteiger partial charge in [0.05, 0.1) is 5.69 Å². The van der Waals surface area contributed by atoms with Crippen molar-refractivity contribution >= 4 is 5.82 Å². The Hall–Kier alpha value is -1.98. The van der Waals surface area contributed by atoms with Crippen molar-refractivity contribution in [3.05, 3.63) is 35.8 Å². The summed E-state index contributed by atoms with van der Waals surface area (Å²) < 4.78 is 16.1. The van der Waals surface area contributed by atoms with Crippen molar-refractivity contribution in [1.29, 1.82) is 0 Å². The van der Waals surface area contributed by atoms with Crippen LogP contribution in [0.15, 0.2) is 18.6 Å². The first kappa shape index (κ1) is 12.1. The second kappa shape index (κ2) is 4.95. The fourth-order valence-electron chi connectivity index (χ4n) is 2.44. The zero-order valence-electron chi connectivity index (χ0n) is 10.8. The molecule has 0 spiro atoms. The predicted octanol–water partition coefficient (Wildman–Crippen LogP) is 1.80. The molecule has 3 rings (SSSR count). The van der Waals surface area contributed by atoms with Gasteiger partial charge in [0.1, 0.15) is 6.33 Å². The molecular weight excluding hydrogens is 245 g/mol. The molecule has 2 aromatic heterocycles. The van der Waals surface area contributed by atoms with E-state index in [0.29, 0.717) is 17.9 Å². The van der Waals surface area contributed by atoms with Crippen LogP contribution in [0.2, 0.25) is 0 Å². The van der Waals surface area contributed by atoms with Crippen LogP contribution in [-0.4, -0.2) is 25.8 Å². The topological polar surface area (TPSA) is 55.6 Å². The van der Waals surface area contributed by atoms with Gasteiger partial charge in [-0.25, -0.2) is 14.4 Å². The third kappa shape index (κ3) is 2.30. The molecule has 0 saturated heterocycles. The van der Waals surface area contributed by atoms with E-state index in [1.165, 1.54) is 12.0 Å². The highest BCUT2D eigenvalue weighted by Gasteiger charge is 2.20. The molecule has 0 aliphatic carbocycles. The van der Waals surface area contributed by atoms with E-state index in [0.717, 1.165) is 19.4 Å². The standard InChI is InChI=1S/C13H16FN5/c1-2-11-12(14)13(16-8-15-11)18-9-4-6-19-10(7-9)3-5-17-19/h3,5,8-9H,2,4,6-7H2,1H3,(H,15,16,18). The van der Waals surface area contributed by atoms with E-state index in [-0.39, 0.29) is 11.9 Å². The van der Waals surface area contributed by atoms with Gasteiger partial charge in [-0.15, -0.1) is 0 Å². The monoisotopic (exact) mass is 261 g/mol. The normalized spacial score (nSPS) is 18.1. The molecule has 0 bridgehead atoms. The van der Waals surface area contributed by atoms with Crippen LogP contribution in [0.5, 0.6) is 0 Å². The summed E-state index contributed by atoms with van der Waals surface area (Å²) in [7, 11) is 0. The third-order valence-electron chi connectivity index (χ3n) is 3.49. The maximum absolute atomic E-state index is 14.1. The second-order valence-corrected chi connectivity index (χ2v) is 4.72. The molecule has 6 heteroatoms. The van der Waals surface area contributed by atoms with E-state index in [9.17, 15) is 4.39 Å². The predicted molar refractivity (Wildman–Crippen MR) is 69.3 cm³/mol. The first-order valence-electron chi connectivity index (χ1n) is 6.54. The smallest absolute Gasteiger partial charge is 0.186 e. The van der Waals surface area contributed by atoms with Crippen molar-refractivity contribution in [2.75, 3.05) is 5.32 Å². The molecule has 0 saturated carbocycles. The number of aryl methyl sites for hydroxylation is 2. The Morgan fingerprint density at radius 3 is 3.21 bits per heavy atom. The van der Waals surface area contributed by atoms with E-state index in [2.05, 4.69) is 20.4 Å². The number of aromatic nitrogens is 4. The summed E-state index contributed by atoms with van der Waals surface area (Å²) in [6, 6.07) is 2.19. The van der Waals surface area contributed by atoms with Crippen molar-refractivity contribution < 1.29 is 4.39 Å². The number of nitrogens with one attached hydrogen (secondary N) is 1. The molecular formula is C13H16FN5. The molecule has 1 N–H and O–H groups in total. The number of rotatable bonds is 3. The van der Waals surface area contributed by atoms with Gasteiger partial charge in [-0.3, -0.25) is 4.68 Å². The molecule has 3 heterocycles. The first-order valence-corrected chi connectivity index (χ1v) is 6.54. The molecule has 0 radical (unpaired) electrons. The largest absolute Gasteiger partial charge is 0.364 e. The van der Waals surface area contributed by atoms with Gasteiger partial charge < -0.3 is 5.32 Å². The van der Waals surface area contributed by atoms with Crippen molar-refractivity contribution in [1.82, 2.24) is 19.7 Å². The Balaban J connectivity index is 1.76. The van der Waals surface area contributed by atoms with Crippen LogP contribution in [0.25, 0.3) is 0 Å². The summed E-state index contributed by atoms with van der Waals surface area (Å²) in [6.45, 7) is 2.74. The second-order valence-electron chi connectivity index (χ2n) is 4.72. The number of fused-ring (bicyclic) bond motifs is 1. The summed E-state index contributed by atoms with van der Waals surface area (Å²) in [6.07, 6.45) is 5.54. The van der Waals surface area contributed by atoms with Gasteiger partial charge in [0.25, 0.3) is 0 Å². The molecule has 1 unspecified atom stereocenters. The highest BCUT2D eigenvalue weighted by molar-refractivity contribution is 5.39. The minimum atomic E-state index is -0.330. The Morgan fingerprint density at radius 1 is 1.47 bits per heavy atom. The lowest BCUT2D eigenvalue weighted by Gasteiger charge is -2.25. The summed E-state index contributed by atoms with van der Waals surface area (Å²) in [5.74, 6) is -0.0195. The van der Waals surface area contributed by atoms with E-state index in [4.69, 9.17) is 0 Å². The van der Waals surface area contributed by atoms with Gasteiger partial charge in [0.15, 0.2) is 11.6 Å². The summed E-state index contributed by atoms with van der Waals surface area (Å²) in [5, 5.41) is 7.42. The zero-order valence-corrected chi connectivity index (χ0v) is 10.8. The van der Waals surface area contributed by atoms with E-state index < -0.39 is 0 Å². The van der Waals surface area contributed by atoms with Crippen LogP contribution < -0.4 is 5.32 Å². The summed E-state index contributed by atoms with van der Waals surface area (Å²) in [5.41, 5.74) is 1.63. The Bertz CT molecular complexity index is 580. The highest BCUT2D eigenvalue weighted by atomic mass is 19.1. The maximum Gasteiger partial charge on any atom is 0.186 e. The molecule has 19 heavy (non-hydrogen) atoms. The zero-order chi connectivity index (χ0) is 13.2. The summed E-state index contributed by atoms with van der Waals surface area (Å²) in [4.78, 5) is 7.94. The van der Waals surface area contributed by atoms with Crippen LogP contribution in [0.3, 0.4) is 0 Å². The van der Waals surface area contributed by atoms with Crippen LogP contribution in [-0.2, 0) is 19.4 Å². The maximum atomic E-state index is 14.1. The number of halogens is 1. The van der Waals surface area contributed by atoms with Gasteiger partial charge in [0, 0.05) is 30.9 Å². The quantitative estimate of drug-likeness (QED) is 0.915. The fraction of sp³-hybridized carbons (Fsp3) is 0.462. The number of anilines is 1. The lowest BCUT2D eigenvalue weighted by atomic mass is 10.0. The number of hydrogen-bond acceptors (Lipinski definition) is 4. The van der Waals surface area contributed by atoms with Crippen molar-refractivity contribution in [3.8, 4) is 0 Å². The fourth-order valence-corrected chi connectivity index (χ4v) is 2.44. The van der Waals surface area contributed by atoms with Gasteiger partial charge >= 0.3 is 0 Å². The molecule has 1 aliphatic heterocycles. The minimum Gasteiger partial charge on any atom is -0.364 e.